The predicted molar refractivity (Wildman–Crippen MR) is 113 cm³/mol. The number of ether oxygens (including phenoxy) is 2. The number of anilines is 1. The highest BCUT2D eigenvalue weighted by Crippen LogP contribution is 2.23. The van der Waals surface area contributed by atoms with E-state index < -0.39 is 0 Å². The standard InChI is InChI=1S/C20H17N5O3S/c1-27-14-7-3-5-12(9-14)24-17-16(11-22-19(21)23-17)18(26)25(20(24)29)13-6-4-8-15(10-13)28-2/h3-11H,1-2H3,(H2,21,22,23). The van der Waals surface area contributed by atoms with E-state index in [0.717, 1.165) is 0 Å². The summed E-state index contributed by atoms with van der Waals surface area (Å²) in [5.41, 5.74) is 7.00. The van der Waals surface area contributed by atoms with Crippen molar-refractivity contribution >= 4 is 29.2 Å². The van der Waals surface area contributed by atoms with Crippen LogP contribution in [0.3, 0.4) is 0 Å². The first-order chi connectivity index (χ1) is 14.0. The molecule has 0 aliphatic carbocycles. The van der Waals surface area contributed by atoms with Gasteiger partial charge in [-0.05, 0) is 36.5 Å². The van der Waals surface area contributed by atoms with Crippen molar-refractivity contribution in [3.8, 4) is 22.9 Å². The maximum Gasteiger partial charge on any atom is 0.270 e. The maximum atomic E-state index is 13.3. The van der Waals surface area contributed by atoms with Gasteiger partial charge in [-0.3, -0.25) is 13.9 Å². The average molecular weight is 407 g/mol. The molecule has 2 aromatic carbocycles. The Balaban J connectivity index is 2.15. The Bertz CT molecular complexity index is 1350. The van der Waals surface area contributed by atoms with Gasteiger partial charge in [-0.25, -0.2) is 4.98 Å². The lowest BCUT2D eigenvalue weighted by molar-refractivity contribution is 0.414. The third kappa shape index (κ3) is 3.21. The van der Waals surface area contributed by atoms with Crippen LogP contribution < -0.4 is 20.8 Å². The first-order valence-corrected chi connectivity index (χ1v) is 9.03. The van der Waals surface area contributed by atoms with Crippen LogP contribution in [0.4, 0.5) is 5.95 Å². The third-order valence-electron chi connectivity index (χ3n) is 4.44. The summed E-state index contributed by atoms with van der Waals surface area (Å²) in [4.78, 5) is 21.5. The minimum Gasteiger partial charge on any atom is -0.497 e. The van der Waals surface area contributed by atoms with Gasteiger partial charge < -0.3 is 15.2 Å². The van der Waals surface area contributed by atoms with Gasteiger partial charge >= 0.3 is 0 Å². The van der Waals surface area contributed by atoms with E-state index in [1.54, 1.807) is 49.1 Å². The van der Waals surface area contributed by atoms with Gasteiger partial charge in [-0.2, -0.15) is 4.98 Å². The lowest BCUT2D eigenvalue weighted by Gasteiger charge is -2.16. The van der Waals surface area contributed by atoms with Crippen LogP contribution in [0, 0.1) is 4.77 Å². The van der Waals surface area contributed by atoms with E-state index in [2.05, 4.69) is 9.97 Å². The van der Waals surface area contributed by atoms with Crippen LogP contribution in [0.5, 0.6) is 11.5 Å². The zero-order valence-corrected chi connectivity index (χ0v) is 16.5. The average Bonchev–Trinajstić information content (AvgIpc) is 2.74. The Morgan fingerprint density at radius 1 is 0.966 bits per heavy atom. The number of hydrogen-bond donors (Lipinski definition) is 1. The molecule has 0 radical (unpaired) electrons. The molecule has 146 valence electrons. The van der Waals surface area contributed by atoms with Crippen molar-refractivity contribution in [2.24, 2.45) is 0 Å². The number of nitrogens with zero attached hydrogens (tertiary/aromatic N) is 4. The van der Waals surface area contributed by atoms with Gasteiger partial charge in [-0.15, -0.1) is 0 Å². The fraction of sp³-hybridized carbons (Fsp3) is 0.100. The molecule has 29 heavy (non-hydrogen) atoms. The second kappa shape index (κ2) is 7.36. The molecule has 0 aliphatic rings. The number of fused-ring (bicyclic) bond motifs is 1. The second-order valence-electron chi connectivity index (χ2n) is 6.13. The molecule has 0 amide bonds. The fourth-order valence-electron chi connectivity index (χ4n) is 3.06. The van der Waals surface area contributed by atoms with E-state index >= 15 is 0 Å². The zero-order valence-electron chi connectivity index (χ0n) is 15.7. The summed E-state index contributed by atoms with van der Waals surface area (Å²) in [6, 6.07) is 14.4. The van der Waals surface area contributed by atoms with Crippen LogP contribution in [-0.2, 0) is 0 Å². The van der Waals surface area contributed by atoms with Crippen molar-refractivity contribution < 1.29 is 9.47 Å². The Morgan fingerprint density at radius 2 is 1.55 bits per heavy atom. The van der Waals surface area contributed by atoms with Gasteiger partial charge in [0.2, 0.25) is 5.95 Å². The smallest absolute Gasteiger partial charge is 0.270 e. The summed E-state index contributed by atoms with van der Waals surface area (Å²) in [6.45, 7) is 0. The molecule has 0 aliphatic heterocycles. The summed E-state index contributed by atoms with van der Waals surface area (Å²) in [5, 5.41) is 0.276. The van der Waals surface area contributed by atoms with Crippen LogP contribution in [0.25, 0.3) is 22.4 Å². The number of benzene rings is 2. The molecule has 8 nitrogen and oxygen atoms in total. The Morgan fingerprint density at radius 3 is 2.14 bits per heavy atom. The summed E-state index contributed by atoms with van der Waals surface area (Å²) in [7, 11) is 3.14. The molecule has 4 rings (SSSR count). The molecule has 2 heterocycles. The van der Waals surface area contributed by atoms with E-state index in [0.29, 0.717) is 28.5 Å². The minimum absolute atomic E-state index is 0.0436. The molecule has 2 aromatic heterocycles. The molecule has 0 saturated heterocycles. The quantitative estimate of drug-likeness (QED) is 0.520. The third-order valence-corrected chi connectivity index (χ3v) is 4.80. The van der Waals surface area contributed by atoms with Gasteiger partial charge in [0.15, 0.2) is 10.4 Å². The van der Waals surface area contributed by atoms with Crippen molar-refractivity contribution in [3.63, 3.8) is 0 Å². The zero-order chi connectivity index (χ0) is 20.5. The monoisotopic (exact) mass is 407 g/mol. The highest BCUT2D eigenvalue weighted by atomic mass is 32.1. The van der Waals surface area contributed by atoms with Crippen LogP contribution in [0.1, 0.15) is 0 Å². The lowest BCUT2D eigenvalue weighted by Crippen LogP contribution is -2.25. The van der Waals surface area contributed by atoms with Crippen molar-refractivity contribution in [1.82, 2.24) is 19.1 Å². The van der Waals surface area contributed by atoms with Crippen LogP contribution in [0.15, 0.2) is 59.5 Å². The minimum atomic E-state index is -0.350. The van der Waals surface area contributed by atoms with Gasteiger partial charge in [-0.1, -0.05) is 12.1 Å². The normalized spacial score (nSPS) is 10.8. The van der Waals surface area contributed by atoms with Gasteiger partial charge in [0, 0.05) is 18.3 Å². The summed E-state index contributed by atoms with van der Waals surface area (Å²) in [5.74, 6) is 1.28. The molecule has 0 atom stereocenters. The molecule has 9 heteroatoms. The predicted octanol–water partition coefficient (Wildman–Crippen LogP) is 2.90. The molecule has 0 fully saturated rings. The van der Waals surface area contributed by atoms with Gasteiger partial charge in [0.25, 0.3) is 5.56 Å². The highest BCUT2D eigenvalue weighted by Gasteiger charge is 2.16. The number of nitrogen functional groups attached to an aromatic ring is 1. The van der Waals surface area contributed by atoms with E-state index in [-0.39, 0.29) is 21.7 Å². The number of aromatic nitrogens is 4. The topological polar surface area (TPSA) is 97.2 Å². The van der Waals surface area contributed by atoms with Crippen molar-refractivity contribution in [2.75, 3.05) is 20.0 Å². The number of methoxy groups -OCH3 is 2. The molecular formula is C20H17N5O3S. The Hall–Kier alpha value is -3.72. The molecule has 0 saturated carbocycles. The maximum absolute atomic E-state index is 13.3. The number of hydrogen-bond acceptors (Lipinski definition) is 7. The molecule has 2 N–H and O–H groups in total. The van der Waals surface area contributed by atoms with Crippen LogP contribution in [0.2, 0.25) is 0 Å². The molecular weight excluding hydrogens is 390 g/mol. The Labute approximate surface area is 170 Å². The first-order valence-electron chi connectivity index (χ1n) is 8.62. The number of rotatable bonds is 4. The molecule has 0 unspecified atom stereocenters. The summed E-state index contributed by atoms with van der Waals surface area (Å²) in [6.07, 6.45) is 1.40. The second-order valence-corrected chi connectivity index (χ2v) is 6.49. The molecule has 0 spiro atoms. The van der Waals surface area contributed by atoms with Crippen molar-refractivity contribution in [2.45, 2.75) is 0 Å². The van der Waals surface area contributed by atoms with Gasteiger partial charge in [0.05, 0.1) is 25.6 Å². The van der Waals surface area contributed by atoms with Gasteiger partial charge in [0.1, 0.15) is 16.9 Å². The Kier molecular flexibility index (Phi) is 4.73. The largest absolute Gasteiger partial charge is 0.497 e. The SMILES string of the molecule is COc1cccc(-n2c(=O)c3cnc(N)nc3n(-c3cccc(OC)c3)c2=S)c1. The first kappa shape index (κ1) is 18.6. The highest BCUT2D eigenvalue weighted by molar-refractivity contribution is 7.71. The van der Waals surface area contributed by atoms with E-state index in [1.807, 2.05) is 18.2 Å². The summed E-state index contributed by atoms with van der Waals surface area (Å²) >= 11 is 5.72. The fourth-order valence-corrected chi connectivity index (χ4v) is 3.45. The van der Waals surface area contributed by atoms with Crippen LogP contribution in [-0.4, -0.2) is 33.3 Å². The molecule has 0 bridgehead atoms. The summed E-state index contributed by atoms with van der Waals surface area (Å²) < 4.78 is 13.9. The van der Waals surface area contributed by atoms with Crippen molar-refractivity contribution in [1.29, 1.82) is 0 Å². The number of nitrogens with two attached hydrogens (primary N) is 1. The van der Waals surface area contributed by atoms with E-state index in [1.165, 1.54) is 10.8 Å². The van der Waals surface area contributed by atoms with Crippen molar-refractivity contribution in [3.05, 3.63) is 69.9 Å². The van der Waals surface area contributed by atoms with E-state index in [4.69, 9.17) is 27.4 Å². The van der Waals surface area contributed by atoms with E-state index in [9.17, 15) is 4.79 Å². The lowest BCUT2D eigenvalue weighted by atomic mass is 10.2. The van der Waals surface area contributed by atoms with Crippen LogP contribution >= 0.6 is 12.2 Å². The molecule has 4 aromatic rings.